The number of aromatic amines is 1. The fraction of sp³-hybridized carbons (Fsp3) is 0.379. The van der Waals surface area contributed by atoms with Crippen LogP contribution in [0.4, 0.5) is 0 Å². The molecular weight excluding hydrogens is 536 g/mol. The summed E-state index contributed by atoms with van der Waals surface area (Å²) in [5.74, 6) is 0.731. The van der Waals surface area contributed by atoms with Crippen LogP contribution in [0, 0.1) is 6.92 Å². The van der Waals surface area contributed by atoms with Crippen LogP contribution in [0.25, 0.3) is 22.2 Å². The summed E-state index contributed by atoms with van der Waals surface area (Å²) in [6.07, 6.45) is 10.1. The molecule has 1 fully saturated rings. The molecule has 1 saturated carbocycles. The zero-order valence-corrected chi connectivity index (χ0v) is 23.9. The Balaban J connectivity index is 1.07. The van der Waals surface area contributed by atoms with Gasteiger partial charge < -0.3 is 19.8 Å². The normalized spacial score (nSPS) is 14.5. The molecule has 6 rings (SSSR count). The number of nitrogens with zero attached hydrogens (tertiary/aromatic N) is 6. The number of hydrazine groups is 2. The van der Waals surface area contributed by atoms with Crippen LogP contribution in [-0.4, -0.2) is 61.8 Å². The van der Waals surface area contributed by atoms with E-state index in [2.05, 4.69) is 52.5 Å². The smallest absolute Gasteiger partial charge is 0.319 e. The number of H-pyrrole nitrogens is 1. The summed E-state index contributed by atoms with van der Waals surface area (Å²) in [6.45, 7) is 3.07. The molecule has 218 valence electrons. The molecule has 13 heteroatoms. The SMILES string of the molecule is COc1ncc(-c2c(C3CC3)[nH]c3nnc(CCCCN4C=C(C(=O)NCc5ccc(C)nc5)NN4)cc23)c(OC)n1. The number of unbranched alkanes of at least 4 members (excludes halogenated alkanes) is 1. The maximum atomic E-state index is 12.5. The second-order valence-electron chi connectivity index (χ2n) is 10.5. The van der Waals surface area contributed by atoms with E-state index in [1.165, 1.54) is 7.11 Å². The number of carbonyl (C=O) groups excluding carboxylic acids is 1. The molecule has 4 aromatic heterocycles. The van der Waals surface area contributed by atoms with Crippen molar-refractivity contribution in [3.05, 3.63) is 65.1 Å². The summed E-state index contributed by atoms with van der Waals surface area (Å²) in [5.41, 5.74) is 12.9. The van der Waals surface area contributed by atoms with Crippen molar-refractivity contribution >= 4 is 16.9 Å². The fourth-order valence-corrected chi connectivity index (χ4v) is 4.97. The van der Waals surface area contributed by atoms with Gasteiger partial charge in [0.2, 0.25) is 5.88 Å². The number of hydrogen-bond donors (Lipinski definition) is 4. The minimum Gasteiger partial charge on any atom is -0.480 e. The highest BCUT2D eigenvalue weighted by Crippen LogP contribution is 2.48. The monoisotopic (exact) mass is 570 g/mol. The van der Waals surface area contributed by atoms with Crippen molar-refractivity contribution in [2.45, 2.75) is 51.5 Å². The number of aromatic nitrogens is 6. The Hall–Kier alpha value is -4.78. The maximum absolute atomic E-state index is 12.5. The van der Waals surface area contributed by atoms with Crippen LogP contribution in [0.3, 0.4) is 0 Å². The molecule has 0 radical (unpaired) electrons. The van der Waals surface area contributed by atoms with Gasteiger partial charge in [-0.25, -0.2) is 4.98 Å². The first-order valence-corrected chi connectivity index (χ1v) is 14.1. The van der Waals surface area contributed by atoms with E-state index in [0.29, 0.717) is 24.0 Å². The molecule has 13 nitrogen and oxygen atoms in total. The van der Waals surface area contributed by atoms with E-state index in [-0.39, 0.29) is 11.9 Å². The lowest BCUT2D eigenvalue weighted by atomic mass is 10.0. The van der Waals surface area contributed by atoms with Crippen LogP contribution in [0.1, 0.15) is 54.2 Å². The van der Waals surface area contributed by atoms with Gasteiger partial charge >= 0.3 is 6.01 Å². The zero-order chi connectivity index (χ0) is 29.1. The first-order valence-electron chi connectivity index (χ1n) is 14.1. The Morgan fingerprint density at radius 2 is 2.00 bits per heavy atom. The molecule has 0 bridgehead atoms. The summed E-state index contributed by atoms with van der Waals surface area (Å²) < 4.78 is 10.8. The van der Waals surface area contributed by atoms with Gasteiger partial charge in [0.15, 0.2) is 5.65 Å². The second kappa shape index (κ2) is 12.0. The van der Waals surface area contributed by atoms with Gasteiger partial charge in [0.25, 0.3) is 5.91 Å². The summed E-state index contributed by atoms with van der Waals surface area (Å²) >= 11 is 0. The van der Waals surface area contributed by atoms with Crippen LogP contribution < -0.4 is 25.8 Å². The maximum Gasteiger partial charge on any atom is 0.319 e. The lowest BCUT2D eigenvalue weighted by Crippen LogP contribution is -2.39. The van der Waals surface area contributed by atoms with Crippen LogP contribution in [0.15, 0.2) is 42.5 Å². The molecule has 1 amide bonds. The molecule has 0 saturated heterocycles. The molecule has 0 atom stereocenters. The lowest BCUT2D eigenvalue weighted by molar-refractivity contribution is -0.118. The highest BCUT2D eigenvalue weighted by atomic mass is 16.5. The Bertz CT molecular complexity index is 1610. The summed E-state index contributed by atoms with van der Waals surface area (Å²) in [7, 11) is 3.13. The van der Waals surface area contributed by atoms with Gasteiger partial charge in [-0.2, -0.15) is 10.1 Å². The van der Waals surface area contributed by atoms with Crippen LogP contribution >= 0.6 is 0 Å². The molecule has 4 N–H and O–H groups in total. The zero-order valence-electron chi connectivity index (χ0n) is 23.9. The molecule has 0 aromatic carbocycles. The average Bonchev–Trinajstić information content (AvgIpc) is 3.64. The number of hydrogen-bond acceptors (Lipinski definition) is 11. The van der Waals surface area contributed by atoms with E-state index in [9.17, 15) is 4.79 Å². The van der Waals surface area contributed by atoms with E-state index in [1.807, 2.05) is 24.1 Å². The van der Waals surface area contributed by atoms with Gasteiger partial charge in [-0.05, 0) is 62.6 Å². The number of amides is 1. The Morgan fingerprint density at radius 3 is 2.76 bits per heavy atom. The van der Waals surface area contributed by atoms with E-state index in [4.69, 9.17) is 9.47 Å². The van der Waals surface area contributed by atoms with Crippen LogP contribution in [0.5, 0.6) is 11.9 Å². The Kier molecular flexibility index (Phi) is 7.82. The van der Waals surface area contributed by atoms with E-state index < -0.39 is 0 Å². The van der Waals surface area contributed by atoms with Crippen LogP contribution in [0.2, 0.25) is 0 Å². The van der Waals surface area contributed by atoms with Gasteiger partial charge in [0.05, 0.1) is 25.5 Å². The number of ether oxygens (including phenoxy) is 2. The number of rotatable bonds is 12. The lowest BCUT2D eigenvalue weighted by Gasteiger charge is -2.14. The number of methoxy groups -OCH3 is 2. The van der Waals surface area contributed by atoms with E-state index in [0.717, 1.165) is 83.5 Å². The molecule has 0 unspecified atom stereocenters. The predicted octanol–water partition coefficient (Wildman–Crippen LogP) is 2.82. The number of fused-ring (bicyclic) bond motifs is 1. The van der Waals surface area contributed by atoms with E-state index in [1.54, 1.807) is 25.7 Å². The minimum absolute atomic E-state index is 0.180. The topological polar surface area (TPSA) is 155 Å². The van der Waals surface area contributed by atoms with Crippen molar-refractivity contribution in [2.75, 3.05) is 20.8 Å². The molecule has 2 aliphatic rings. The van der Waals surface area contributed by atoms with Crippen molar-refractivity contribution < 1.29 is 14.3 Å². The summed E-state index contributed by atoms with van der Waals surface area (Å²) in [6, 6.07) is 6.25. The van der Waals surface area contributed by atoms with Gasteiger partial charge in [-0.1, -0.05) is 6.07 Å². The van der Waals surface area contributed by atoms with Gasteiger partial charge in [-0.3, -0.25) is 20.2 Å². The minimum atomic E-state index is -0.180. The van der Waals surface area contributed by atoms with Crippen molar-refractivity contribution in [2.24, 2.45) is 0 Å². The highest BCUT2D eigenvalue weighted by Gasteiger charge is 2.31. The standard InChI is InChI=1S/C29H34N10O3/c1-17-7-8-18(13-30-17)14-31-27(40)23-16-39(38-36-23)11-5-4-6-20-12-21-24(22-15-32-29(42-3)34-28(22)41-2)25(19-9-10-19)33-26(21)37-35-20/h7-8,12-13,15-16,19,36,38H,4-6,9-11,14H2,1-3H3,(H,31,40)(H,33,37). The number of carbonyl (C=O) groups is 1. The Labute approximate surface area is 243 Å². The number of aryl methyl sites for hydroxylation is 2. The average molecular weight is 571 g/mol. The third-order valence-electron chi connectivity index (χ3n) is 7.37. The molecule has 0 spiro atoms. The molecule has 1 aliphatic carbocycles. The first-order chi connectivity index (χ1) is 20.5. The first kappa shape index (κ1) is 27.4. The van der Waals surface area contributed by atoms with Crippen molar-refractivity contribution in [3.8, 4) is 23.0 Å². The third-order valence-corrected chi connectivity index (χ3v) is 7.37. The quantitative estimate of drug-likeness (QED) is 0.186. The predicted molar refractivity (Wildman–Crippen MR) is 155 cm³/mol. The summed E-state index contributed by atoms with van der Waals surface area (Å²) in [4.78, 5) is 29.0. The van der Waals surface area contributed by atoms with Gasteiger partial charge in [0, 0.05) is 54.0 Å². The number of nitrogens with one attached hydrogen (secondary N) is 4. The number of pyridine rings is 1. The molecule has 42 heavy (non-hydrogen) atoms. The van der Waals surface area contributed by atoms with Gasteiger partial charge in [0.1, 0.15) is 5.70 Å². The van der Waals surface area contributed by atoms with Crippen molar-refractivity contribution in [1.29, 1.82) is 0 Å². The molecule has 4 aromatic rings. The third kappa shape index (κ3) is 5.96. The largest absolute Gasteiger partial charge is 0.480 e. The molecule has 1 aliphatic heterocycles. The second-order valence-corrected chi connectivity index (χ2v) is 10.5. The molecule has 5 heterocycles. The van der Waals surface area contributed by atoms with E-state index >= 15 is 0 Å². The van der Waals surface area contributed by atoms with Crippen molar-refractivity contribution in [1.82, 2.24) is 51.4 Å². The highest BCUT2D eigenvalue weighted by molar-refractivity contribution is 5.97. The van der Waals surface area contributed by atoms with Crippen LogP contribution in [-0.2, 0) is 17.8 Å². The fourth-order valence-electron chi connectivity index (χ4n) is 4.97. The van der Waals surface area contributed by atoms with Gasteiger partial charge in [-0.15, -0.1) is 10.6 Å². The van der Waals surface area contributed by atoms with Crippen molar-refractivity contribution in [3.63, 3.8) is 0 Å². The molecular formula is C29H34N10O3. The summed E-state index contributed by atoms with van der Waals surface area (Å²) in [5, 5.41) is 14.8. The Morgan fingerprint density at radius 1 is 1.12 bits per heavy atom.